The molecule has 21 heavy (non-hydrogen) atoms. The Labute approximate surface area is 127 Å². The summed E-state index contributed by atoms with van der Waals surface area (Å²) in [6, 6.07) is 15.0. The zero-order chi connectivity index (χ0) is 14.5. The molecule has 0 aliphatic carbocycles. The summed E-state index contributed by atoms with van der Waals surface area (Å²) in [6.07, 6.45) is 4.29. The largest absolute Gasteiger partial charge is 0.467 e. The van der Waals surface area contributed by atoms with E-state index in [1.807, 2.05) is 13.1 Å². The molecule has 2 heterocycles. The summed E-state index contributed by atoms with van der Waals surface area (Å²) in [5.41, 5.74) is 1.32. The molecule has 1 aliphatic rings. The summed E-state index contributed by atoms with van der Waals surface area (Å²) in [5.74, 6) is 1.85. The minimum atomic E-state index is 0.247. The monoisotopic (exact) mass is 284 g/mol. The summed E-state index contributed by atoms with van der Waals surface area (Å²) in [7, 11) is 2.04. The van der Waals surface area contributed by atoms with Gasteiger partial charge in [0, 0.05) is 0 Å². The van der Waals surface area contributed by atoms with Crippen molar-refractivity contribution < 1.29 is 4.42 Å². The molecule has 1 aromatic heterocycles. The Morgan fingerprint density at radius 2 is 1.90 bits per heavy atom. The van der Waals surface area contributed by atoms with E-state index in [2.05, 4.69) is 46.6 Å². The van der Waals surface area contributed by atoms with Crippen molar-refractivity contribution in [2.24, 2.45) is 5.92 Å². The van der Waals surface area contributed by atoms with Crippen molar-refractivity contribution in [3.8, 4) is 0 Å². The van der Waals surface area contributed by atoms with Gasteiger partial charge in [0.2, 0.25) is 0 Å². The van der Waals surface area contributed by atoms with Crippen LogP contribution in [0.25, 0.3) is 0 Å². The molecule has 1 aliphatic heterocycles. The first-order valence-corrected chi connectivity index (χ1v) is 7.85. The fourth-order valence-corrected chi connectivity index (χ4v) is 3.34. The van der Waals surface area contributed by atoms with Gasteiger partial charge in [-0.1, -0.05) is 30.3 Å². The van der Waals surface area contributed by atoms with Gasteiger partial charge in [0.05, 0.1) is 12.3 Å². The zero-order valence-electron chi connectivity index (χ0n) is 12.7. The average Bonchev–Trinajstić information content (AvgIpc) is 3.05. The van der Waals surface area contributed by atoms with Crippen molar-refractivity contribution in [1.29, 1.82) is 0 Å². The summed E-state index contributed by atoms with van der Waals surface area (Å²) < 4.78 is 5.72. The third-order valence-electron chi connectivity index (χ3n) is 4.44. The van der Waals surface area contributed by atoms with Gasteiger partial charge in [0.25, 0.3) is 0 Å². The molecular formula is C18H24N2O. The summed E-state index contributed by atoms with van der Waals surface area (Å²) >= 11 is 0. The number of nitrogens with zero attached hydrogens (tertiary/aromatic N) is 1. The van der Waals surface area contributed by atoms with E-state index in [9.17, 15) is 0 Å². The molecule has 0 saturated carbocycles. The molecule has 1 unspecified atom stereocenters. The van der Waals surface area contributed by atoms with Crippen LogP contribution >= 0.6 is 0 Å². The van der Waals surface area contributed by atoms with Crippen molar-refractivity contribution in [3.05, 3.63) is 60.1 Å². The second-order valence-electron chi connectivity index (χ2n) is 5.87. The summed E-state index contributed by atoms with van der Waals surface area (Å²) in [6.45, 7) is 3.39. The van der Waals surface area contributed by atoms with Gasteiger partial charge in [-0.05, 0) is 63.1 Å². The third kappa shape index (κ3) is 3.36. The lowest BCUT2D eigenvalue weighted by Gasteiger charge is -2.37. The number of hydrogen-bond donors (Lipinski definition) is 1. The van der Waals surface area contributed by atoms with E-state index in [4.69, 9.17) is 4.42 Å². The van der Waals surface area contributed by atoms with Crippen LogP contribution in [0.4, 0.5) is 0 Å². The van der Waals surface area contributed by atoms with Crippen LogP contribution in [0.3, 0.4) is 0 Å². The molecule has 2 aromatic rings. The smallest absolute Gasteiger partial charge is 0.125 e. The highest BCUT2D eigenvalue weighted by Gasteiger charge is 2.28. The van der Waals surface area contributed by atoms with Crippen LogP contribution in [0.2, 0.25) is 0 Å². The number of likely N-dealkylation sites (tertiary alicyclic amines) is 1. The molecule has 1 aromatic carbocycles. The number of nitrogens with one attached hydrogen (secondary N) is 1. The first-order valence-electron chi connectivity index (χ1n) is 7.85. The van der Waals surface area contributed by atoms with E-state index in [1.54, 1.807) is 6.26 Å². The van der Waals surface area contributed by atoms with Crippen LogP contribution in [0, 0.1) is 5.92 Å². The molecule has 3 rings (SSSR count). The predicted octanol–water partition coefficient (Wildman–Crippen LogP) is 3.30. The van der Waals surface area contributed by atoms with Crippen molar-refractivity contribution in [1.82, 2.24) is 10.2 Å². The Hall–Kier alpha value is -1.58. The maximum Gasteiger partial charge on any atom is 0.125 e. The molecular weight excluding hydrogens is 260 g/mol. The van der Waals surface area contributed by atoms with Crippen LogP contribution in [0.15, 0.2) is 53.1 Å². The Bertz CT molecular complexity index is 515. The predicted molar refractivity (Wildman–Crippen MR) is 85.2 cm³/mol. The van der Waals surface area contributed by atoms with Crippen molar-refractivity contribution in [3.63, 3.8) is 0 Å². The van der Waals surface area contributed by atoms with E-state index in [1.165, 1.54) is 18.4 Å². The first-order chi connectivity index (χ1) is 10.4. The van der Waals surface area contributed by atoms with E-state index in [0.717, 1.165) is 31.3 Å². The molecule has 0 radical (unpaired) electrons. The third-order valence-corrected chi connectivity index (χ3v) is 4.44. The van der Waals surface area contributed by atoms with Gasteiger partial charge < -0.3 is 9.73 Å². The molecule has 0 spiro atoms. The zero-order valence-corrected chi connectivity index (χ0v) is 12.7. The first kappa shape index (κ1) is 14.4. The highest BCUT2D eigenvalue weighted by Crippen LogP contribution is 2.32. The van der Waals surface area contributed by atoms with E-state index < -0.39 is 0 Å². The lowest BCUT2D eigenvalue weighted by molar-refractivity contribution is 0.138. The number of furan rings is 1. The van der Waals surface area contributed by atoms with Crippen molar-refractivity contribution in [2.75, 3.05) is 26.7 Å². The minimum absolute atomic E-state index is 0.247. The quantitative estimate of drug-likeness (QED) is 0.913. The Morgan fingerprint density at radius 1 is 1.14 bits per heavy atom. The van der Waals surface area contributed by atoms with Crippen LogP contribution < -0.4 is 5.32 Å². The summed E-state index contributed by atoms with van der Waals surface area (Å²) in [5, 5.41) is 3.30. The Kier molecular flexibility index (Phi) is 4.73. The molecule has 3 heteroatoms. The molecule has 0 amide bonds. The van der Waals surface area contributed by atoms with Crippen molar-refractivity contribution >= 4 is 0 Å². The lowest BCUT2D eigenvalue weighted by atomic mass is 9.93. The number of benzene rings is 1. The maximum atomic E-state index is 5.72. The standard InChI is InChI=1S/C18H24N2O/c1-19-14-15-9-11-20(12-10-15)18(17-8-5-13-21-17)16-6-3-2-4-7-16/h2-8,13,15,18-19H,9-12,14H2,1H3. The van der Waals surface area contributed by atoms with Gasteiger partial charge in [0.1, 0.15) is 5.76 Å². The number of hydrogen-bond acceptors (Lipinski definition) is 3. The van der Waals surface area contributed by atoms with Gasteiger partial charge in [-0.25, -0.2) is 0 Å². The average molecular weight is 284 g/mol. The fourth-order valence-electron chi connectivity index (χ4n) is 3.34. The topological polar surface area (TPSA) is 28.4 Å². The summed E-state index contributed by atoms with van der Waals surface area (Å²) in [4.78, 5) is 2.56. The normalized spacial score (nSPS) is 18.7. The molecule has 1 fully saturated rings. The molecule has 1 atom stereocenters. The number of rotatable bonds is 5. The molecule has 112 valence electrons. The second-order valence-corrected chi connectivity index (χ2v) is 5.87. The second kappa shape index (κ2) is 6.92. The Balaban J connectivity index is 1.78. The van der Waals surface area contributed by atoms with Crippen LogP contribution in [-0.4, -0.2) is 31.6 Å². The van der Waals surface area contributed by atoms with Gasteiger partial charge >= 0.3 is 0 Å². The van der Waals surface area contributed by atoms with Crippen LogP contribution in [0.5, 0.6) is 0 Å². The van der Waals surface area contributed by atoms with Crippen LogP contribution in [-0.2, 0) is 0 Å². The fraction of sp³-hybridized carbons (Fsp3) is 0.444. The highest BCUT2D eigenvalue weighted by atomic mass is 16.3. The van der Waals surface area contributed by atoms with E-state index in [-0.39, 0.29) is 6.04 Å². The van der Waals surface area contributed by atoms with Gasteiger partial charge in [-0.15, -0.1) is 0 Å². The molecule has 1 saturated heterocycles. The number of piperidine rings is 1. The van der Waals surface area contributed by atoms with E-state index >= 15 is 0 Å². The highest BCUT2D eigenvalue weighted by molar-refractivity contribution is 5.26. The molecule has 0 bridgehead atoms. The van der Waals surface area contributed by atoms with Gasteiger partial charge in [0.15, 0.2) is 0 Å². The van der Waals surface area contributed by atoms with Gasteiger partial charge in [-0.2, -0.15) is 0 Å². The lowest BCUT2D eigenvalue weighted by Crippen LogP contribution is -2.39. The Morgan fingerprint density at radius 3 is 2.52 bits per heavy atom. The van der Waals surface area contributed by atoms with Crippen LogP contribution in [0.1, 0.15) is 30.2 Å². The van der Waals surface area contributed by atoms with Crippen molar-refractivity contribution in [2.45, 2.75) is 18.9 Å². The molecule has 3 nitrogen and oxygen atoms in total. The maximum absolute atomic E-state index is 5.72. The van der Waals surface area contributed by atoms with Gasteiger partial charge in [-0.3, -0.25) is 4.90 Å². The molecule has 1 N–H and O–H groups in total. The van der Waals surface area contributed by atoms with E-state index in [0.29, 0.717) is 0 Å². The SMILES string of the molecule is CNCC1CCN(C(c2ccccc2)c2ccco2)CC1. The minimum Gasteiger partial charge on any atom is -0.467 e.